The van der Waals surface area contributed by atoms with Gasteiger partial charge in [0.1, 0.15) is 0 Å². The van der Waals surface area contributed by atoms with Crippen LogP contribution >= 0.6 is 0 Å². The Labute approximate surface area is 96.4 Å². The van der Waals surface area contributed by atoms with E-state index in [-0.39, 0.29) is 51.9 Å². The van der Waals surface area contributed by atoms with Gasteiger partial charge in [-0.25, -0.2) is 0 Å². The average Bonchev–Trinajstić information content (AvgIpc) is 1.89. The van der Waals surface area contributed by atoms with Crippen molar-refractivity contribution in [2.45, 2.75) is 13.3 Å². The van der Waals surface area contributed by atoms with Gasteiger partial charge < -0.3 is 19.2 Å². The molecule has 0 aromatic heterocycles. The van der Waals surface area contributed by atoms with Crippen LogP contribution < -0.4 is 10.9 Å². The predicted molar refractivity (Wildman–Crippen MR) is 43.5 cm³/mol. The van der Waals surface area contributed by atoms with Crippen LogP contribution in [0, 0.1) is 0 Å². The number of thiol groups is 1. The largest absolute Gasteiger partial charge is 0.813 e. The Morgan fingerprint density at radius 3 is 1.91 bits per heavy atom. The van der Waals surface area contributed by atoms with Gasteiger partial charge in [0.05, 0.1) is 0 Å². The van der Waals surface area contributed by atoms with Crippen LogP contribution in [0.25, 0.3) is 5.73 Å². The Balaban J connectivity index is 0. The van der Waals surface area contributed by atoms with Gasteiger partial charge in [-0.05, 0) is 12.0 Å². The first kappa shape index (κ1) is 13.9. The van der Waals surface area contributed by atoms with Crippen LogP contribution in [0.3, 0.4) is 0 Å². The van der Waals surface area contributed by atoms with Crippen molar-refractivity contribution >= 4 is 19.2 Å². The number of hydrogen-bond acceptors (Lipinski definition) is 3. The molecule has 11 heavy (non-hydrogen) atoms. The second kappa shape index (κ2) is 5.06. The first-order chi connectivity index (χ1) is 4.18. The van der Waals surface area contributed by atoms with E-state index in [1.807, 2.05) is 0 Å². The summed E-state index contributed by atoms with van der Waals surface area (Å²) in [6.45, 7) is 1.76. The average molecular weight is 246 g/mol. The monoisotopic (exact) mass is 246 g/mol. The zero-order valence-electron chi connectivity index (χ0n) is 6.05. The molecule has 0 heterocycles. The van der Waals surface area contributed by atoms with Crippen LogP contribution in [0.15, 0.2) is 9.59 Å². The molecular weight excluding hydrogens is 239 g/mol. The van der Waals surface area contributed by atoms with Crippen molar-refractivity contribution in [2.75, 3.05) is 0 Å². The zero-order chi connectivity index (χ0) is 7.02. The van der Waals surface area contributed by atoms with Crippen molar-refractivity contribution in [3.05, 3.63) is 31.7 Å². The zero-order valence-corrected chi connectivity index (χ0v) is 9.78. The van der Waals surface area contributed by atoms with Gasteiger partial charge in [-0.15, -0.1) is 0 Å². The van der Waals surface area contributed by atoms with Crippen molar-refractivity contribution in [2.24, 2.45) is 0 Å². The van der Waals surface area contributed by atoms with Gasteiger partial charge in [0.15, 0.2) is 0 Å². The SMILES string of the molecule is CCc1c([NH-])c(=O)c1=O.[SH-].[Y]. The molecule has 0 saturated heterocycles. The molecule has 0 bridgehead atoms. The number of nitrogens with one attached hydrogen (secondary N) is 1. The molecule has 1 radical (unpaired) electrons. The molecule has 0 unspecified atom stereocenters. The summed E-state index contributed by atoms with van der Waals surface area (Å²) >= 11 is 0. The van der Waals surface area contributed by atoms with Crippen molar-refractivity contribution in [3.63, 3.8) is 0 Å². The van der Waals surface area contributed by atoms with Gasteiger partial charge >= 0.3 is 0 Å². The molecule has 0 aliphatic rings. The quantitative estimate of drug-likeness (QED) is 0.405. The van der Waals surface area contributed by atoms with E-state index >= 15 is 0 Å². The van der Waals surface area contributed by atoms with E-state index in [4.69, 9.17) is 5.73 Å². The minimum Gasteiger partial charge on any atom is -0.813 e. The minimum atomic E-state index is -0.633. The molecule has 0 aliphatic heterocycles. The second-order valence-corrected chi connectivity index (χ2v) is 1.87. The molecule has 0 amide bonds. The Morgan fingerprint density at radius 1 is 1.27 bits per heavy atom. The summed E-state index contributed by atoms with van der Waals surface area (Å²) in [6.07, 6.45) is 0.503. The van der Waals surface area contributed by atoms with Crippen molar-refractivity contribution < 1.29 is 32.7 Å². The molecule has 0 fully saturated rings. The van der Waals surface area contributed by atoms with Crippen LogP contribution in [0.2, 0.25) is 0 Å². The molecule has 3 nitrogen and oxygen atoms in total. The molecule has 59 valence electrons. The molecule has 1 aromatic rings. The van der Waals surface area contributed by atoms with Gasteiger partial charge in [0, 0.05) is 32.7 Å². The fraction of sp³-hybridized carbons (Fsp3) is 0.333. The van der Waals surface area contributed by atoms with E-state index in [1.54, 1.807) is 6.92 Å². The second-order valence-electron chi connectivity index (χ2n) is 1.87. The molecule has 0 atom stereocenters. The third-order valence-electron chi connectivity index (χ3n) is 1.36. The standard InChI is InChI=1S/C6H7NO2.H2S.Y/c1-2-3-4(7)6(9)5(3)8;;/h2H2,1H3,(H2,7,8);1H2;/p-2. The molecule has 0 aliphatic carbocycles. The summed E-state index contributed by atoms with van der Waals surface area (Å²) in [5.41, 5.74) is 6.09. The van der Waals surface area contributed by atoms with E-state index in [2.05, 4.69) is 0 Å². The summed E-state index contributed by atoms with van der Waals surface area (Å²) in [6, 6.07) is 0. The topological polar surface area (TPSA) is 57.9 Å². The minimum absolute atomic E-state index is 0. The third-order valence-corrected chi connectivity index (χ3v) is 1.36. The molecular formula is C6H7NO2SY-2. The van der Waals surface area contributed by atoms with Gasteiger partial charge in [-0.3, -0.25) is 9.59 Å². The summed E-state index contributed by atoms with van der Waals surface area (Å²) in [7, 11) is 0. The van der Waals surface area contributed by atoms with Gasteiger partial charge in [-0.2, -0.15) is 0 Å². The molecule has 5 heteroatoms. The van der Waals surface area contributed by atoms with Crippen LogP contribution in [0.1, 0.15) is 12.5 Å². The normalized spacial score (nSPS) is 8.45. The first-order valence-corrected chi connectivity index (χ1v) is 2.72. The number of rotatable bonds is 1. The summed E-state index contributed by atoms with van der Waals surface area (Å²) in [5, 5.41) is 0. The van der Waals surface area contributed by atoms with E-state index in [1.165, 1.54) is 0 Å². The summed E-state index contributed by atoms with van der Waals surface area (Å²) in [5.74, 6) is 0. The van der Waals surface area contributed by atoms with Crippen LogP contribution in [0.4, 0.5) is 5.69 Å². The number of hydrogen-bond donors (Lipinski definition) is 0. The van der Waals surface area contributed by atoms with Gasteiger partial charge in [-0.1, -0.05) is 12.6 Å². The molecule has 0 saturated carbocycles. The van der Waals surface area contributed by atoms with Crippen LogP contribution in [-0.4, -0.2) is 0 Å². The predicted octanol–water partition coefficient (Wildman–Crippen LogP) is 0.256. The molecule has 1 aromatic carbocycles. The van der Waals surface area contributed by atoms with Gasteiger partial charge in [0.25, 0.3) is 0 Å². The molecule has 1 N–H and O–H groups in total. The molecule has 1 rings (SSSR count). The molecule has 0 spiro atoms. The van der Waals surface area contributed by atoms with Crippen LogP contribution in [-0.2, 0) is 52.6 Å². The van der Waals surface area contributed by atoms with E-state index in [0.29, 0.717) is 12.0 Å². The third kappa shape index (κ3) is 2.14. The fourth-order valence-corrected chi connectivity index (χ4v) is 0.776. The van der Waals surface area contributed by atoms with Crippen LogP contribution in [0.5, 0.6) is 0 Å². The summed E-state index contributed by atoms with van der Waals surface area (Å²) in [4.78, 5) is 20.8. The van der Waals surface area contributed by atoms with E-state index in [9.17, 15) is 9.59 Å². The Morgan fingerprint density at radius 2 is 1.73 bits per heavy atom. The van der Waals surface area contributed by atoms with Gasteiger partial charge in [0.2, 0.25) is 10.9 Å². The maximum absolute atomic E-state index is 10.5. The Hall–Kier alpha value is 0.334. The van der Waals surface area contributed by atoms with Crippen molar-refractivity contribution in [3.8, 4) is 0 Å². The van der Waals surface area contributed by atoms with E-state index in [0.717, 1.165) is 0 Å². The maximum atomic E-state index is 10.5. The first-order valence-electron chi connectivity index (χ1n) is 2.72. The maximum Gasteiger partial charge on any atom is 0.226 e. The smallest absolute Gasteiger partial charge is 0.226 e. The van der Waals surface area contributed by atoms with Crippen molar-refractivity contribution in [1.29, 1.82) is 0 Å². The Bertz CT molecular complexity index is 303. The van der Waals surface area contributed by atoms with Crippen molar-refractivity contribution in [1.82, 2.24) is 0 Å². The fourth-order valence-electron chi connectivity index (χ4n) is 0.776. The Kier molecular flexibility index (Phi) is 6.40. The summed E-state index contributed by atoms with van der Waals surface area (Å²) < 4.78 is 0. The van der Waals surface area contributed by atoms with E-state index < -0.39 is 10.9 Å².